The third-order valence-electron chi connectivity index (χ3n) is 1.31. The normalized spacial score (nSPS) is 9.73. The third kappa shape index (κ3) is 1.70. The zero-order valence-electron chi connectivity index (χ0n) is 5.77. The molecule has 0 aromatic carbocycles. The quantitative estimate of drug-likeness (QED) is 0.502. The first-order chi connectivity index (χ1) is 5.13. The Morgan fingerprint density at radius 1 is 1.64 bits per heavy atom. The Labute approximate surface area is 74.1 Å². The van der Waals surface area contributed by atoms with E-state index in [1.807, 2.05) is 0 Å². The zero-order valence-corrected chi connectivity index (χ0v) is 7.28. The van der Waals surface area contributed by atoms with Crippen LogP contribution in [0.25, 0.3) is 0 Å². The van der Waals surface area contributed by atoms with E-state index in [-0.39, 0.29) is 10.7 Å². The fourth-order valence-corrected chi connectivity index (χ4v) is 1.34. The Bertz CT molecular complexity index is 278. The molecule has 0 unspecified atom stereocenters. The SMILES string of the molecule is Cc1ccnc(Cl)c1C(=O)Cl. The molecule has 0 aliphatic rings. The molecule has 0 saturated heterocycles. The van der Waals surface area contributed by atoms with Gasteiger partial charge in [0.05, 0.1) is 5.56 Å². The number of rotatable bonds is 1. The van der Waals surface area contributed by atoms with E-state index < -0.39 is 5.24 Å². The minimum Gasteiger partial charge on any atom is -0.275 e. The number of hydrogen-bond acceptors (Lipinski definition) is 2. The first kappa shape index (κ1) is 8.50. The number of carbonyl (C=O) groups is 1. The number of carbonyl (C=O) groups excluding carboxylic acids is 1. The van der Waals surface area contributed by atoms with E-state index in [2.05, 4.69) is 4.98 Å². The number of pyridine rings is 1. The first-order valence-corrected chi connectivity index (χ1v) is 3.69. The molecule has 0 bridgehead atoms. The van der Waals surface area contributed by atoms with Gasteiger partial charge in [0.1, 0.15) is 5.15 Å². The van der Waals surface area contributed by atoms with Crippen LogP contribution in [0.4, 0.5) is 0 Å². The average Bonchev–Trinajstić information content (AvgIpc) is 1.85. The van der Waals surface area contributed by atoms with Crippen LogP contribution in [0.5, 0.6) is 0 Å². The maximum absolute atomic E-state index is 10.7. The van der Waals surface area contributed by atoms with Gasteiger partial charge in [-0.15, -0.1) is 0 Å². The minimum atomic E-state index is -0.569. The molecule has 4 heteroatoms. The van der Waals surface area contributed by atoms with Gasteiger partial charge < -0.3 is 0 Å². The van der Waals surface area contributed by atoms with Crippen molar-refractivity contribution in [1.82, 2.24) is 4.98 Å². The molecule has 0 saturated carbocycles. The van der Waals surface area contributed by atoms with E-state index in [1.54, 1.807) is 13.0 Å². The Morgan fingerprint density at radius 3 is 2.64 bits per heavy atom. The lowest BCUT2D eigenvalue weighted by molar-refractivity contribution is 0.108. The van der Waals surface area contributed by atoms with Crippen molar-refractivity contribution in [3.8, 4) is 0 Å². The van der Waals surface area contributed by atoms with Gasteiger partial charge in [-0.25, -0.2) is 4.98 Å². The summed E-state index contributed by atoms with van der Waals surface area (Å²) in [5.41, 5.74) is 1.03. The summed E-state index contributed by atoms with van der Waals surface area (Å²) in [5, 5.41) is -0.411. The minimum absolute atomic E-state index is 0.157. The first-order valence-electron chi connectivity index (χ1n) is 2.94. The predicted octanol–water partition coefficient (Wildman–Crippen LogP) is 2.42. The van der Waals surface area contributed by atoms with Crippen molar-refractivity contribution in [3.63, 3.8) is 0 Å². The summed E-state index contributed by atoms with van der Waals surface area (Å²) in [6, 6.07) is 1.68. The smallest absolute Gasteiger partial charge is 0.255 e. The molecule has 58 valence electrons. The highest BCUT2D eigenvalue weighted by Crippen LogP contribution is 2.18. The molecule has 1 heterocycles. The summed E-state index contributed by atoms with van der Waals surface area (Å²) >= 11 is 10.9. The number of halogens is 2. The van der Waals surface area contributed by atoms with Gasteiger partial charge in [0.15, 0.2) is 0 Å². The molecule has 0 N–H and O–H groups in total. The van der Waals surface area contributed by atoms with Crippen LogP contribution in [0.2, 0.25) is 5.15 Å². The topological polar surface area (TPSA) is 30.0 Å². The summed E-state index contributed by atoms with van der Waals surface area (Å²) in [4.78, 5) is 14.4. The van der Waals surface area contributed by atoms with E-state index >= 15 is 0 Å². The van der Waals surface area contributed by atoms with Crippen molar-refractivity contribution in [3.05, 3.63) is 28.5 Å². The number of aromatic nitrogens is 1. The summed E-state index contributed by atoms with van der Waals surface area (Å²) in [6.07, 6.45) is 1.53. The summed E-state index contributed by atoms with van der Waals surface area (Å²) in [5.74, 6) is 0. The number of hydrogen-bond donors (Lipinski definition) is 0. The highest BCUT2D eigenvalue weighted by Gasteiger charge is 2.10. The summed E-state index contributed by atoms with van der Waals surface area (Å²) < 4.78 is 0. The molecule has 1 aromatic rings. The van der Waals surface area contributed by atoms with Crippen LogP contribution in [0, 0.1) is 6.92 Å². The van der Waals surface area contributed by atoms with Gasteiger partial charge in [0, 0.05) is 6.20 Å². The maximum Gasteiger partial charge on any atom is 0.255 e. The number of nitrogens with zero attached hydrogens (tertiary/aromatic N) is 1. The standard InChI is InChI=1S/C7H5Cl2NO/c1-4-2-3-10-6(8)5(4)7(9)11/h2-3H,1H3. The molecule has 0 amide bonds. The molecular weight excluding hydrogens is 185 g/mol. The van der Waals surface area contributed by atoms with Crippen LogP contribution >= 0.6 is 23.2 Å². The van der Waals surface area contributed by atoms with Crippen molar-refractivity contribution < 1.29 is 4.79 Å². The molecule has 0 radical (unpaired) electrons. The molecule has 1 rings (SSSR count). The van der Waals surface area contributed by atoms with E-state index in [4.69, 9.17) is 23.2 Å². The zero-order chi connectivity index (χ0) is 8.43. The second kappa shape index (κ2) is 3.20. The van der Waals surface area contributed by atoms with Gasteiger partial charge in [-0.1, -0.05) is 11.6 Å². The molecule has 1 aromatic heterocycles. The van der Waals surface area contributed by atoms with Crippen molar-refractivity contribution in [2.75, 3.05) is 0 Å². The molecule has 0 spiro atoms. The molecule has 0 aliphatic heterocycles. The Kier molecular flexibility index (Phi) is 2.47. The van der Waals surface area contributed by atoms with E-state index in [1.165, 1.54) is 6.20 Å². The molecular formula is C7H5Cl2NO. The van der Waals surface area contributed by atoms with Crippen LogP contribution < -0.4 is 0 Å². The van der Waals surface area contributed by atoms with Crippen molar-refractivity contribution in [2.24, 2.45) is 0 Å². The van der Waals surface area contributed by atoms with Crippen LogP contribution in [-0.2, 0) is 0 Å². The van der Waals surface area contributed by atoms with E-state index in [0.717, 1.165) is 5.56 Å². The van der Waals surface area contributed by atoms with Crippen molar-refractivity contribution in [1.29, 1.82) is 0 Å². The van der Waals surface area contributed by atoms with Gasteiger partial charge in [0.2, 0.25) is 0 Å². The molecule has 0 fully saturated rings. The Morgan fingerprint density at radius 2 is 2.27 bits per heavy atom. The second-order valence-electron chi connectivity index (χ2n) is 2.07. The largest absolute Gasteiger partial charge is 0.275 e. The highest BCUT2D eigenvalue weighted by atomic mass is 35.5. The summed E-state index contributed by atoms with van der Waals surface area (Å²) in [7, 11) is 0. The van der Waals surface area contributed by atoms with E-state index in [9.17, 15) is 4.79 Å². The lowest BCUT2D eigenvalue weighted by atomic mass is 10.2. The van der Waals surface area contributed by atoms with Crippen molar-refractivity contribution in [2.45, 2.75) is 6.92 Å². The lowest BCUT2D eigenvalue weighted by Crippen LogP contribution is -1.96. The monoisotopic (exact) mass is 189 g/mol. The fraction of sp³-hybridized carbons (Fsp3) is 0.143. The predicted molar refractivity (Wildman–Crippen MR) is 44.2 cm³/mol. The van der Waals surface area contributed by atoms with Crippen LogP contribution in [0.3, 0.4) is 0 Å². The second-order valence-corrected chi connectivity index (χ2v) is 2.77. The van der Waals surface area contributed by atoms with Gasteiger partial charge in [-0.05, 0) is 30.2 Å². The van der Waals surface area contributed by atoms with Gasteiger partial charge in [-0.2, -0.15) is 0 Å². The van der Waals surface area contributed by atoms with Gasteiger partial charge >= 0.3 is 0 Å². The molecule has 0 aliphatic carbocycles. The van der Waals surface area contributed by atoms with Gasteiger partial charge in [0.25, 0.3) is 5.24 Å². The average molecular weight is 190 g/mol. The van der Waals surface area contributed by atoms with Crippen LogP contribution in [-0.4, -0.2) is 10.2 Å². The molecule has 2 nitrogen and oxygen atoms in total. The Hall–Kier alpha value is -0.600. The van der Waals surface area contributed by atoms with Crippen LogP contribution in [0.1, 0.15) is 15.9 Å². The van der Waals surface area contributed by atoms with Crippen LogP contribution in [0.15, 0.2) is 12.3 Å². The third-order valence-corrected chi connectivity index (χ3v) is 1.79. The lowest BCUT2D eigenvalue weighted by Gasteiger charge is -1.99. The molecule has 11 heavy (non-hydrogen) atoms. The fourth-order valence-electron chi connectivity index (χ4n) is 0.761. The molecule has 0 atom stereocenters. The van der Waals surface area contributed by atoms with Gasteiger partial charge in [-0.3, -0.25) is 4.79 Å². The number of aryl methyl sites for hydroxylation is 1. The Balaban J connectivity index is 3.32. The summed E-state index contributed by atoms with van der Waals surface area (Å²) in [6.45, 7) is 1.75. The highest BCUT2D eigenvalue weighted by molar-refractivity contribution is 6.68. The van der Waals surface area contributed by atoms with Crippen molar-refractivity contribution >= 4 is 28.4 Å². The van der Waals surface area contributed by atoms with E-state index in [0.29, 0.717) is 0 Å². The maximum atomic E-state index is 10.7.